The standard InChI is InChI=1S/C14H22N2O/c1-10(2)8-9-15-14(17)16-13-7-5-6-11(3)12(13)4/h5-7,10H,8-9H2,1-4H3,(H2,15,16,17). The summed E-state index contributed by atoms with van der Waals surface area (Å²) in [7, 11) is 0. The molecule has 0 radical (unpaired) electrons. The molecule has 0 aliphatic rings. The van der Waals surface area contributed by atoms with E-state index in [1.807, 2.05) is 32.0 Å². The van der Waals surface area contributed by atoms with Crippen molar-refractivity contribution >= 4 is 11.7 Å². The molecule has 1 aromatic rings. The number of benzene rings is 1. The van der Waals surface area contributed by atoms with E-state index in [2.05, 4.69) is 24.5 Å². The zero-order valence-electron chi connectivity index (χ0n) is 11.1. The highest BCUT2D eigenvalue weighted by Crippen LogP contribution is 2.17. The third-order valence-electron chi connectivity index (χ3n) is 2.86. The van der Waals surface area contributed by atoms with Crippen LogP contribution in [0.2, 0.25) is 0 Å². The lowest BCUT2D eigenvalue weighted by atomic mass is 10.1. The molecule has 0 aliphatic carbocycles. The van der Waals surface area contributed by atoms with Crippen LogP contribution in [-0.2, 0) is 0 Å². The normalized spacial score (nSPS) is 10.4. The SMILES string of the molecule is Cc1cccc(NC(=O)NCCC(C)C)c1C. The Kier molecular flexibility index (Phi) is 5.01. The minimum Gasteiger partial charge on any atom is -0.338 e. The van der Waals surface area contributed by atoms with Crippen molar-refractivity contribution in [3.63, 3.8) is 0 Å². The van der Waals surface area contributed by atoms with E-state index in [0.29, 0.717) is 12.5 Å². The van der Waals surface area contributed by atoms with Gasteiger partial charge in [0.25, 0.3) is 0 Å². The first kappa shape index (κ1) is 13.6. The zero-order chi connectivity index (χ0) is 12.8. The molecule has 17 heavy (non-hydrogen) atoms. The summed E-state index contributed by atoms with van der Waals surface area (Å²) in [6.45, 7) is 9.05. The van der Waals surface area contributed by atoms with Crippen LogP contribution in [0.5, 0.6) is 0 Å². The molecule has 1 rings (SSSR count). The Labute approximate surface area is 104 Å². The van der Waals surface area contributed by atoms with Gasteiger partial charge in [-0.05, 0) is 43.4 Å². The van der Waals surface area contributed by atoms with Crippen LogP contribution in [0.4, 0.5) is 10.5 Å². The molecule has 0 aliphatic heterocycles. The summed E-state index contributed by atoms with van der Waals surface area (Å²) in [4.78, 5) is 11.6. The van der Waals surface area contributed by atoms with Crippen LogP contribution >= 0.6 is 0 Å². The van der Waals surface area contributed by atoms with Gasteiger partial charge in [-0.15, -0.1) is 0 Å². The summed E-state index contributed by atoms with van der Waals surface area (Å²) in [5.74, 6) is 0.607. The molecule has 1 aromatic carbocycles. The average Bonchev–Trinajstić information content (AvgIpc) is 2.24. The number of anilines is 1. The van der Waals surface area contributed by atoms with Gasteiger partial charge in [-0.3, -0.25) is 0 Å². The molecule has 3 nitrogen and oxygen atoms in total. The van der Waals surface area contributed by atoms with Gasteiger partial charge in [0.15, 0.2) is 0 Å². The Hall–Kier alpha value is -1.51. The second-order valence-corrected chi connectivity index (χ2v) is 4.81. The Morgan fingerprint density at radius 3 is 2.65 bits per heavy atom. The van der Waals surface area contributed by atoms with Crippen molar-refractivity contribution in [2.24, 2.45) is 5.92 Å². The van der Waals surface area contributed by atoms with E-state index < -0.39 is 0 Å². The first-order valence-electron chi connectivity index (χ1n) is 6.11. The van der Waals surface area contributed by atoms with Gasteiger partial charge in [0.2, 0.25) is 0 Å². The van der Waals surface area contributed by atoms with Gasteiger partial charge < -0.3 is 10.6 Å². The van der Waals surface area contributed by atoms with E-state index in [9.17, 15) is 4.79 Å². The van der Waals surface area contributed by atoms with Gasteiger partial charge in [0, 0.05) is 12.2 Å². The average molecular weight is 234 g/mol. The molecule has 0 fully saturated rings. The fourth-order valence-corrected chi connectivity index (χ4v) is 1.53. The number of hydrogen-bond acceptors (Lipinski definition) is 1. The maximum absolute atomic E-state index is 11.6. The molecule has 0 aromatic heterocycles. The van der Waals surface area contributed by atoms with Crippen molar-refractivity contribution in [1.29, 1.82) is 0 Å². The lowest BCUT2D eigenvalue weighted by molar-refractivity contribution is 0.251. The summed E-state index contributed by atoms with van der Waals surface area (Å²) < 4.78 is 0. The van der Waals surface area contributed by atoms with Crippen LogP contribution in [0.1, 0.15) is 31.4 Å². The quantitative estimate of drug-likeness (QED) is 0.823. The van der Waals surface area contributed by atoms with Gasteiger partial charge in [0.05, 0.1) is 0 Å². The van der Waals surface area contributed by atoms with E-state index in [-0.39, 0.29) is 6.03 Å². The zero-order valence-corrected chi connectivity index (χ0v) is 11.1. The van der Waals surface area contributed by atoms with Gasteiger partial charge in [-0.2, -0.15) is 0 Å². The first-order valence-corrected chi connectivity index (χ1v) is 6.11. The van der Waals surface area contributed by atoms with Crippen LogP contribution in [0.3, 0.4) is 0 Å². The number of rotatable bonds is 4. The number of carbonyl (C=O) groups excluding carboxylic acids is 1. The smallest absolute Gasteiger partial charge is 0.319 e. The number of carbonyl (C=O) groups is 1. The van der Waals surface area contributed by atoms with Crippen molar-refractivity contribution in [1.82, 2.24) is 5.32 Å². The topological polar surface area (TPSA) is 41.1 Å². The van der Waals surface area contributed by atoms with Crippen LogP contribution in [0.25, 0.3) is 0 Å². The van der Waals surface area contributed by atoms with Gasteiger partial charge in [0.1, 0.15) is 0 Å². The fourth-order valence-electron chi connectivity index (χ4n) is 1.53. The number of urea groups is 1. The van der Waals surface area contributed by atoms with Crippen molar-refractivity contribution in [2.45, 2.75) is 34.1 Å². The highest BCUT2D eigenvalue weighted by Gasteiger charge is 2.05. The molecule has 0 saturated carbocycles. The van der Waals surface area contributed by atoms with E-state index in [0.717, 1.165) is 17.7 Å². The number of amides is 2. The lowest BCUT2D eigenvalue weighted by Gasteiger charge is -2.12. The highest BCUT2D eigenvalue weighted by atomic mass is 16.2. The summed E-state index contributed by atoms with van der Waals surface area (Å²) in [6, 6.07) is 5.78. The summed E-state index contributed by atoms with van der Waals surface area (Å²) in [5, 5.41) is 5.73. The Morgan fingerprint density at radius 2 is 2.00 bits per heavy atom. The molecule has 0 heterocycles. The molecule has 3 heteroatoms. The molecule has 0 unspecified atom stereocenters. The number of nitrogens with one attached hydrogen (secondary N) is 2. The van der Waals surface area contributed by atoms with Gasteiger partial charge >= 0.3 is 6.03 Å². The van der Waals surface area contributed by atoms with E-state index in [1.165, 1.54) is 5.56 Å². The monoisotopic (exact) mass is 234 g/mol. The van der Waals surface area contributed by atoms with E-state index in [4.69, 9.17) is 0 Å². The largest absolute Gasteiger partial charge is 0.338 e. The summed E-state index contributed by atoms with van der Waals surface area (Å²) in [6.07, 6.45) is 1.00. The highest BCUT2D eigenvalue weighted by molar-refractivity contribution is 5.90. The third kappa shape index (κ3) is 4.47. The first-order chi connectivity index (χ1) is 8.00. The third-order valence-corrected chi connectivity index (χ3v) is 2.86. The molecule has 2 amide bonds. The maximum atomic E-state index is 11.6. The summed E-state index contributed by atoms with van der Waals surface area (Å²) in [5.41, 5.74) is 3.18. The molecule has 0 atom stereocenters. The van der Waals surface area contributed by atoms with Crippen molar-refractivity contribution < 1.29 is 4.79 Å². The molecule has 0 bridgehead atoms. The molecular weight excluding hydrogens is 212 g/mol. The van der Waals surface area contributed by atoms with E-state index >= 15 is 0 Å². The maximum Gasteiger partial charge on any atom is 0.319 e. The van der Waals surface area contributed by atoms with Crippen LogP contribution < -0.4 is 10.6 Å². The molecule has 0 saturated heterocycles. The minimum absolute atomic E-state index is 0.126. The van der Waals surface area contributed by atoms with Gasteiger partial charge in [-0.1, -0.05) is 26.0 Å². The lowest BCUT2D eigenvalue weighted by Crippen LogP contribution is -2.30. The second-order valence-electron chi connectivity index (χ2n) is 4.81. The molecule has 0 spiro atoms. The molecular formula is C14H22N2O. The van der Waals surface area contributed by atoms with Crippen LogP contribution in [0.15, 0.2) is 18.2 Å². The number of aryl methyl sites for hydroxylation is 1. The predicted molar refractivity (Wildman–Crippen MR) is 72.4 cm³/mol. The van der Waals surface area contributed by atoms with Crippen LogP contribution in [0, 0.1) is 19.8 Å². The van der Waals surface area contributed by atoms with Crippen LogP contribution in [-0.4, -0.2) is 12.6 Å². The van der Waals surface area contributed by atoms with Gasteiger partial charge in [-0.25, -0.2) is 4.79 Å². The molecule has 2 N–H and O–H groups in total. The second kappa shape index (κ2) is 6.28. The Balaban J connectivity index is 2.48. The van der Waals surface area contributed by atoms with Crippen molar-refractivity contribution in [2.75, 3.05) is 11.9 Å². The minimum atomic E-state index is -0.126. The Morgan fingerprint density at radius 1 is 1.29 bits per heavy atom. The fraction of sp³-hybridized carbons (Fsp3) is 0.500. The van der Waals surface area contributed by atoms with E-state index in [1.54, 1.807) is 0 Å². The number of hydrogen-bond donors (Lipinski definition) is 2. The van der Waals surface area contributed by atoms with Crippen molar-refractivity contribution in [3.8, 4) is 0 Å². The Bertz CT molecular complexity index is 386. The summed E-state index contributed by atoms with van der Waals surface area (Å²) >= 11 is 0. The van der Waals surface area contributed by atoms with Crippen molar-refractivity contribution in [3.05, 3.63) is 29.3 Å². The molecule has 94 valence electrons. The predicted octanol–water partition coefficient (Wildman–Crippen LogP) is 3.47.